The third-order valence-corrected chi connectivity index (χ3v) is 4.01. The molecule has 0 aliphatic carbocycles. The predicted octanol–water partition coefficient (Wildman–Crippen LogP) is 2.94. The van der Waals surface area contributed by atoms with Crippen molar-refractivity contribution in [3.05, 3.63) is 29.8 Å². The lowest BCUT2D eigenvalue weighted by atomic mass is 10.1. The molecule has 0 fully saturated rings. The Morgan fingerprint density at radius 1 is 1.28 bits per heavy atom. The molecule has 9 heteroatoms. The molecule has 138 valence electrons. The van der Waals surface area contributed by atoms with Gasteiger partial charge in [-0.1, -0.05) is 6.42 Å². The minimum Gasteiger partial charge on any atom is -0.322 e. The Morgan fingerprint density at radius 2 is 2.04 bits per heavy atom. The third-order valence-electron chi connectivity index (χ3n) is 4.01. The maximum Gasteiger partial charge on any atom is 0.241 e. The van der Waals surface area contributed by atoms with Gasteiger partial charge in [0, 0.05) is 18.5 Å². The summed E-state index contributed by atoms with van der Waals surface area (Å²) in [6.07, 6.45) is 4.26. The number of aryl methyl sites for hydroxylation is 1. The predicted molar refractivity (Wildman–Crippen MR) is 99.7 cm³/mol. The Balaban J connectivity index is 0.00000156. The molecule has 1 amide bonds. The van der Waals surface area contributed by atoms with Crippen LogP contribution in [0.25, 0.3) is 11.4 Å². The molecular formula is C16H22Cl2FN5O. The van der Waals surface area contributed by atoms with Crippen LogP contribution < -0.4 is 11.1 Å². The second-order valence-electron chi connectivity index (χ2n) is 5.87. The standard InChI is InChI=1S/C16H20FN5O.2ClH/c1-10(18)16(23)19-13-9-11(6-7-12(13)17)15-21-20-14-5-3-2-4-8-22(14)15;;/h6-7,9-10H,2-5,8,18H2,1H3,(H,19,23);2*1H. The van der Waals surface area contributed by atoms with Gasteiger partial charge in [-0.3, -0.25) is 4.79 Å². The number of benzene rings is 1. The van der Waals surface area contributed by atoms with Gasteiger partial charge in [-0.05, 0) is 38.0 Å². The number of halogens is 3. The SMILES string of the molecule is CC(N)C(=O)Nc1cc(-c2nnc3n2CCCCC3)ccc1F.Cl.Cl. The molecule has 3 rings (SSSR count). The van der Waals surface area contributed by atoms with E-state index in [0.29, 0.717) is 5.82 Å². The van der Waals surface area contributed by atoms with E-state index in [0.717, 1.165) is 37.2 Å². The highest BCUT2D eigenvalue weighted by atomic mass is 35.5. The van der Waals surface area contributed by atoms with Crippen LogP contribution in [-0.4, -0.2) is 26.7 Å². The number of rotatable bonds is 3. The highest BCUT2D eigenvalue weighted by molar-refractivity contribution is 5.95. The normalized spacial score (nSPS) is 14.4. The molecule has 1 unspecified atom stereocenters. The zero-order chi connectivity index (χ0) is 16.4. The van der Waals surface area contributed by atoms with E-state index in [2.05, 4.69) is 20.1 Å². The minimum atomic E-state index is -0.706. The van der Waals surface area contributed by atoms with Gasteiger partial charge in [0.15, 0.2) is 5.82 Å². The first-order chi connectivity index (χ1) is 11.1. The van der Waals surface area contributed by atoms with Crippen molar-refractivity contribution in [2.45, 2.75) is 45.2 Å². The van der Waals surface area contributed by atoms with Gasteiger partial charge in [0.2, 0.25) is 5.91 Å². The quantitative estimate of drug-likeness (QED) is 0.844. The average molecular weight is 390 g/mol. The molecular weight excluding hydrogens is 368 g/mol. The summed E-state index contributed by atoms with van der Waals surface area (Å²) in [5.74, 6) is 0.737. The first-order valence-corrected chi connectivity index (χ1v) is 7.84. The molecule has 1 aromatic carbocycles. The Morgan fingerprint density at radius 3 is 2.76 bits per heavy atom. The Kier molecular flexibility index (Phi) is 7.79. The number of anilines is 1. The molecule has 25 heavy (non-hydrogen) atoms. The maximum absolute atomic E-state index is 13.9. The number of aromatic nitrogens is 3. The van der Waals surface area contributed by atoms with Crippen molar-refractivity contribution in [1.82, 2.24) is 14.8 Å². The monoisotopic (exact) mass is 389 g/mol. The molecule has 3 N–H and O–H groups in total. The molecule has 6 nitrogen and oxygen atoms in total. The zero-order valence-corrected chi connectivity index (χ0v) is 15.5. The summed E-state index contributed by atoms with van der Waals surface area (Å²) < 4.78 is 16.0. The summed E-state index contributed by atoms with van der Waals surface area (Å²) in [5.41, 5.74) is 6.35. The molecule has 1 atom stereocenters. The molecule has 2 heterocycles. The fourth-order valence-electron chi connectivity index (χ4n) is 2.71. The minimum absolute atomic E-state index is 0. The van der Waals surface area contributed by atoms with Gasteiger partial charge in [-0.2, -0.15) is 0 Å². The number of carbonyl (C=O) groups is 1. The Bertz CT molecular complexity index is 735. The number of nitrogens with one attached hydrogen (secondary N) is 1. The molecule has 0 bridgehead atoms. The van der Waals surface area contributed by atoms with Gasteiger partial charge in [0.25, 0.3) is 0 Å². The van der Waals surface area contributed by atoms with Gasteiger partial charge >= 0.3 is 0 Å². The lowest BCUT2D eigenvalue weighted by molar-refractivity contribution is -0.117. The molecule has 0 saturated heterocycles. The fraction of sp³-hybridized carbons (Fsp3) is 0.438. The second-order valence-corrected chi connectivity index (χ2v) is 5.87. The summed E-state index contributed by atoms with van der Waals surface area (Å²) in [7, 11) is 0. The maximum atomic E-state index is 13.9. The fourth-order valence-corrected chi connectivity index (χ4v) is 2.71. The van der Waals surface area contributed by atoms with E-state index in [9.17, 15) is 9.18 Å². The van der Waals surface area contributed by atoms with Gasteiger partial charge in [-0.15, -0.1) is 35.0 Å². The molecule has 0 radical (unpaired) electrons. The number of nitrogens with zero attached hydrogens (tertiary/aromatic N) is 3. The van der Waals surface area contributed by atoms with Crippen molar-refractivity contribution in [1.29, 1.82) is 0 Å². The summed E-state index contributed by atoms with van der Waals surface area (Å²) in [6, 6.07) is 3.85. The van der Waals surface area contributed by atoms with Crippen LogP contribution in [0.3, 0.4) is 0 Å². The highest BCUT2D eigenvalue weighted by Gasteiger charge is 2.18. The van der Waals surface area contributed by atoms with Crippen LogP contribution >= 0.6 is 24.8 Å². The molecule has 1 aromatic heterocycles. The van der Waals surface area contributed by atoms with Crippen molar-refractivity contribution in [2.24, 2.45) is 5.73 Å². The van der Waals surface area contributed by atoms with Crippen molar-refractivity contribution in [3.8, 4) is 11.4 Å². The van der Waals surface area contributed by atoms with Crippen LogP contribution in [0.2, 0.25) is 0 Å². The van der Waals surface area contributed by atoms with E-state index in [-0.39, 0.29) is 30.5 Å². The molecule has 1 aliphatic heterocycles. The Labute approximate surface area is 158 Å². The third kappa shape index (κ3) is 4.68. The lowest BCUT2D eigenvalue weighted by Gasteiger charge is -2.11. The van der Waals surface area contributed by atoms with Gasteiger partial charge in [0.1, 0.15) is 11.6 Å². The molecule has 1 aliphatic rings. The van der Waals surface area contributed by atoms with E-state index < -0.39 is 17.8 Å². The van der Waals surface area contributed by atoms with Crippen LogP contribution in [0.4, 0.5) is 10.1 Å². The number of nitrogens with two attached hydrogens (primary N) is 1. The molecule has 0 saturated carbocycles. The van der Waals surface area contributed by atoms with Crippen LogP contribution in [0.5, 0.6) is 0 Å². The summed E-state index contributed by atoms with van der Waals surface area (Å²) >= 11 is 0. The lowest BCUT2D eigenvalue weighted by Crippen LogP contribution is -2.32. The summed E-state index contributed by atoms with van der Waals surface area (Å²) in [5, 5.41) is 11.0. The van der Waals surface area contributed by atoms with Crippen LogP contribution in [-0.2, 0) is 17.8 Å². The second kappa shape index (κ2) is 9.12. The first-order valence-electron chi connectivity index (χ1n) is 7.84. The average Bonchev–Trinajstić information content (AvgIpc) is 2.78. The van der Waals surface area contributed by atoms with E-state index >= 15 is 0 Å². The van der Waals surface area contributed by atoms with Crippen molar-refractivity contribution >= 4 is 36.4 Å². The van der Waals surface area contributed by atoms with Crippen molar-refractivity contribution < 1.29 is 9.18 Å². The summed E-state index contributed by atoms with van der Waals surface area (Å²) in [4.78, 5) is 11.7. The van der Waals surface area contributed by atoms with Crippen molar-refractivity contribution in [2.75, 3.05) is 5.32 Å². The van der Waals surface area contributed by atoms with Gasteiger partial charge in [-0.25, -0.2) is 4.39 Å². The van der Waals surface area contributed by atoms with E-state index in [4.69, 9.17) is 5.73 Å². The number of hydrogen-bond donors (Lipinski definition) is 2. The van der Waals surface area contributed by atoms with Crippen LogP contribution in [0.15, 0.2) is 18.2 Å². The molecule has 0 spiro atoms. The van der Waals surface area contributed by atoms with Crippen LogP contribution in [0, 0.1) is 5.82 Å². The zero-order valence-electron chi connectivity index (χ0n) is 13.9. The smallest absolute Gasteiger partial charge is 0.241 e. The van der Waals surface area contributed by atoms with E-state index in [1.54, 1.807) is 19.1 Å². The van der Waals surface area contributed by atoms with E-state index in [1.165, 1.54) is 12.5 Å². The molecule has 2 aromatic rings. The Hall–Kier alpha value is -1.70. The topological polar surface area (TPSA) is 85.8 Å². The van der Waals surface area contributed by atoms with Gasteiger partial charge in [0.05, 0.1) is 11.7 Å². The largest absolute Gasteiger partial charge is 0.322 e. The van der Waals surface area contributed by atoms with Crippen molar-refractivity contribution in [3.63, 3.8) is 0 Å². The van der Waals surface area contributed by atoms with Gasteiger partial charge < -0.3 is 15.6 Å². The number of carbonyl (C=O) groups excluding carboxylic acids is 1. The number of amides is 1. The number of fused-ring (bicyclic) bond motifs is 1. The van der Waals surface area contributed by atoms with Crippen LogP contribution in [0.1, 0.15) is 32.0 Å². The summed E-state index contributed by atoms with van der Waals surface area (Å²) in [6.45, 7) is 2.41. The highest BCUT2D eigenvalue weighted by Crippen LogP contribution is 2.26. The number of hydrogen-bond acceptors (Lipinski definition) is 4. The first kappa shape index (κ1) is 21.3. The van der Waals surface area contributed by atoms with E-state index in [1.807, 2.05) is 0 Å².